The first-order chi connectivity index (χ1) is 13.4. The van der Waals surface area contributed by atoms with E-state index in [1.807, 2.05) is 13.1 Å². The molecule has 0 saturated carbocycles. The molecule has 3 rings (SSSR count). The third kappa shape index (κ3) is 3.54. The van der Waals surface area contributed by atoms with Gasteiger partial charge in [0.05, 0.1) is 12.9 Å². The summed E-state index contributed by atoms with van der Waals surface area (Å²) in [6.45, 7) is 11.6. The number of fused-ring (bicyclic) bond motifs is 1. The van der Waals surface area contributed by atoms with Gasteiger partial charge in [0, 0.05) is 0 Å². The van der Waals surface area contributed by atoms with E-state index < -0.39 is 45.1 Å². The van der Waals surface area contributed by atoms with E-state index in [2.05, 4.69) is 35.7 Å². The number of nitrogens with two attached hydrogens (primary N) is 1. The highest BCUT2D eigenvalue weighted by molar-refractivity contribution is 6.74. The highest BCUT2D eigenvalue weighted by Gasteiger charge is 2.58. The van der Waals surface area contributed by atoms with Crippen LogP contribution in [0.3, 0.4) is 0 Å². The fourth-order valence-corrected chi connectivity index (χ4v) is 4.64. The van der Waals surface area contributed by atoms with Crippen LogP contribution in [0.25, 0.3) is 11.2 Å². The zero-order valence-electron chi connectivity index (χ0n) is 17.6. The number of aliphatic hydroxyl groups excluding tert-OH is 1. The third-order valence-electron chi connectivity index (χ3n) is 6.22. The van der Waals surface area contributed by atoms with E-state index in [0.29, 0.717) is 6.42 Å². The number of hydrogen-bond donors (Lipinski definition) is 2. The van der Waals surface area contributed by atoms with E-state index in [-0.39, 0.29) is 22.0 Å². The monoisotopic (exact) mass is 429 g/mol. The molecule has 1 unspecified atom stereocenters. The molecule has 8 nitrogen and oxygen atoms in total. The van der Waals surface area contributed by atoms with E-state index in [1.54, 1.807) is 6.92 Å². The normalized spacial score (nSPS) is 28.4. The van der Waals surface area contributed by atoms with Gasteiger partial charge in [-0.2, -0.15) is 14.4 Å². The highest BCUT2D eigenvalue weighted by atomic mass is 28.4. The van der Waals surface area contributed by atoms with Crippen molar-refractivity contribution < 1.29 is 23.1 Å². The lowest BCUT2D eigenvalue weighted by atomic mass is 9.94. The molecule has 0 bridgehead atoms. The lowest BCUT2D eigenvalue weighted by molar-refractivity contribution is -0.126. The first-order valence-electron chi connectivity index (χ1n) is 9.63. The average molecular weight is 430 g/mol. The first kappa shape index (κ1) is 22.0. The standard InChI is InChI=1S/C18H29F2N5O3Si/c1-7-18(8-26)12(28-29(5,6)17(2,3)4)10(19)15(27-18)25-9-22-11-13(21)23-16(20)24-14(11)25/h9-10,12,15,26H,7-8H2,1-6H3,(H2,21,23,24)/t10-,12?,15+,18+/m0/s1. The van der Waals surface area contributed by atoms with Gasteiger partial charge in [-0.25, -0.2) is 9.37 Å². The maximum absolute atomic E-state index is 15.8. The van der Waals surface area contributed by atoms with Crippen LogP contribution in [-0.4, -0.2) is 57.4 Å². The van der Waals surface area contributed by atoms with E-state index in [1.165, 1.54) is 10.9 Å². The molecule has 162 valence electrons. The van der Waals surface area contributed by atoms with Crippen molar-refractivity contribution in [3.8, 4) is 0 Å². The van der Waals surface area contributed by atoms with Gasteiger partial charge in [-0.15, -0.1) is 0 Å². The molecule has 0 amide bonds. The summed E-state index contributed by atoms with van der Waals surface area (Å²) in [6.07, 6.45) is -3.24. The fourth-order valence-electron chi connectivity index (χ4n) is 3.31. The molecule has 3 N–H and O–H groups in total. The van der Waals surface area contributed by atoms with Crippen LogP contribution in [0.5, 0.6) is 0 Å². The van der Waals surface area contributed by atoms with Crippen molar-refractivity contribution in [2.45, 2.75) is 76.4 Å². The number of aliphatic hydroxyl groups is 1. The maximum atomic E-state index is 15.8. The van der Waals surface area contributed by atoms with Crippen molar-refractivity contribution in [2.24, 2.45) is 0 Å². The quantitative estimate of drug-likeness (QED) is 0.556. The second kappa shape index (κ2) is 7.22. The highest BCUT2D eigenvalue weighted by Crippen LogP contribution is 2.47. The summed E-state index contributed by atoms with van der Waals surface area (Å²) in [4.78, 5) is 11.2. The molecule has 1 aliphatic heterocycles. The Kier molecular flexibility index (Phi) is 5.48. The molecule has 2 aromatic rings. The van der Waals surface area contributed by atoms with Gasteiger partial charge in [0.2, 0.25) is 0 Å². The van der Waals surface area contributed by atoms with Crippen LogP contribution in [-0.2, 0) is 9.16 Å². The summed E-state index contributed by atoms with van der Waals surface area (Å²) in [7, 11) is -2.38. The number of alkyl halides is 1. The van der Waals surface area contributed by atoms with Gasteiger partial charge in [0.15, 0.2) is 37.7 Å². The smallest absolute Gasteiger partial charge is 0.312 e. The minimum atomic E-state index is -2.38. The number of imidazole rings is 1. The predicted octanol–water partition coefficient (Wildman–Crippen LogP) is 2.95. The Morgan fingerprint density at radius 2 is 2.03 bits per heavy atom. The van der Waals surface area contributed by atoms with Crippen LogP contribution in [0, 0.1) is 6.08 Å². The van der Waals surface area contributed by atoms with Gasteiger partial charge in [0.25, 0.3) is 0 Å². The van der Waals surface area contributed by atoms with E-state index >= 15 is 4.39 Å². The summed E-state index contributed by atoms with van der Waals surface area (Å²) < 4.78 is 43.2. The van der Waals surface area contributed by atoms with Crippen molar-refractivity contribution in [2.75, 3.05) is 12.3 Å². The molecule has 0 spiro atoms. The minimum absolute atomic E-state index is 0.0265. The van der Waals surface area contributed by atoms with Crippen LogP contribution >= 0.6 is 0 Å². The topological polar surface area (TPSA) is 108 Å². The first-order valence-corrected chi connectivity index (χ1v) is 12.5. The average Bonchev–Trinajstić information content (AvgIpc) is 3.14. The van der Waals surface area contributed by atoms with Gasteiger partial charge in [-0.3, -0.25) is 4.57 Å². The second-order valence-electron chi connectivity index (χ2n) is 9.03. The molecule has 3 heterocycles. The Morgan fingerprint density at radius 1 is 1.38 bits per heavy atom. The number of rotatable bonds is 5. The molecule has 0 radical (unpaired) electrons. The number of hydrogen-bond acceptors (Lipinski definition) is 7. The van der Waals surface area contributed by atoms with Crippen LogP contribution in [0.2, 0.25) is 18.1 Å². The van der Waals surface area contributed by atoms with Crippen molar-refractivity contribution >= 4 is 25.3 Å². The molecule has 0 aromatic carbocycles. The molecule has 1 fully saturated rings. The summed E-state index contributed by atoms with van der Waals surface area (Å²) in [5, 5.41) is 9.97. The molecular formula is C18H29F2N5O3Si. The van der Waals surface area contributed by atoms with Crippen molar-refractivity contribution in [3.05, 3.63) is 12.4 Å². The lowest BCUT2D eigenvalue weighted by Crippen LogP contribution is -2.54. The van der Waals surface area contributed by atoms with Gasteiger partial charge in [-0.05, 0) is 24.6 Å². The molecular weight excluding hydrogens is 400 g/mol. The summed E-state index contributed by atoms with van der Waals surface area (Å²) in [5.41, 5.74) is 4.65. The largest absolute Gasteiger partial charge is 0.408 e. The molecule has 1 aliphatic rings. The summed E-state index contributed by atoms with van der Waals surface area (Å²) >= 11 is 0. The Hall–Kier alpha value is -1.69. The van der Waals surface area contributed by atoms with Crippen LogP contribution in [0.15, 0.2) is 6.33 Å². The lowest BCUT2D eigenvalue weighted by Gasteiger charge is -2.42. The number of ether oxygens (including phenoxy) is 1. The van der Waals surface area contributed by atoms with Crippen molar-refractivity contribution in [1.82, 2.24) is 19.5 Å². The molecule has 2 aromatic heterocycles. The molecule has 1 saturated heterocycles. The second-order valence-corrected chi connectivity index (χ2v) is 13.8. The summed E-state index contributed by atoms with van der Waals surface area (Å²) in [5.74, 6) is -0.141. The Morgan fingerprint density at radius 3 is 2.59 bits per heavy atom. The van der Waals surface area contributed by atoms with E-state index in [4.69, 9.17) is 14.9 Å². The molecule has 11 heteroatoms. The van der Waals surface area contributed by atoms with Crippen molar-refractivity contribution in [3.63, 3.8) is 0 Å². The fraction of sp³-hybridized carbons (Fsp3) is 0.722. The van der Waals surface area contributed by atoms with Crippen LogP contribution in [0.4, 0.5) is 14.6 Å². The Labute approximate surface area is 169 Å². The van der Waals surface area contributed by atoms with Crippen LogP contribution < -0.4 is 5.73 Å². The number of nitrogens with zero attached hydrogens (tertiary/aromatic N) is 4. The predicted molar refractivity (Wildman–Crippen MR) is 107 cm³/mol. The Balaban J connectivity index is 2.05. The SMILES string of the molecule is CC[C@]1(CO)O[C@@H](n2cnc3c(N)nc(F)nc32)[C@@H](F)C1O[Si](C)(C)C(C)(C)C. The number of halogens is 2. The van der Waals surface area contributed by atoms with Gasteiger partial charge in [-0.1, -0.05) is 27.7 Å². The number of anilines is 1. The van der Waals surface area contributed by atoms with Gasteiger partial charge in [0.1, 0.15) is 11.7 Å². The van der Waals surface area contributed by atoms with Crippen molar-refractivity contribution in [1.29, 1.82) is 0 Å². The van der Waals surface area contributed by atoms with Crippen LogP contribution in [0.1, 0.15) is 40.3 Å². The molecule has 4 atom stereocenters. The molecule has 0 aliphatic carbocycles. The third-order valence-corrected chi connectivity index (χ3v) is 10.7. The van der Waals surface area contributed by atoms with Gasteiger partial charge >= 0.3 is 6.08 Å². The summed E-state index contributed by atoms with van der Waals surface area (Å²) in [6, 6.07) is 0. The van der Waals surface area contributed by atoms with E-state index in [9.17, 15) is 9.50 Å². The maximum Gasteiger partial charge on any atom is 0.312 e. The zero-order valence-corrected chi connectivity index (χ0v) is 18.6. The zero-order chi connectivity index (χ0) is 21.8. The minimum Gasteiger partial charge on any atom is -0.408 e. The van der Waals surface area contributed by atoms with E-state index in [0.717, 1.165) is 0 Å². The Bertz CT molecular complexity index is 897. The molecule has 29 heavy (non-hydrogen) atoms. The number of nitrogen functional groups attached to an aromatic ring is 1. The van der Waals surface area contributed by atoms with Gasteiger partial charge < -0.3 is 20.0 Å². The number of aromatic nitrogens is 4.